The molecular formula is C12H14O. The molecule has 1 rings (SSSR count). The SMILES string of the molecule is CCC=C(C(C)=O)c1ccccc1. The zero-order valence-corrected chi connectivity index (χ0v) is 8.08. The lowest BCUT2D eigenvalue weighted by molar-refractivity contribution is -0.111. The third kappa shape index (κ3) is 2.55. The molecule has 13 heavy (non-hydrogen) atoms. The van der Waals surface area contributed by atoms with Crippen LogP contribution in [-0.2, 0) is 4.79 Å². The van der Waals surface area contributed by atoms with Gasteiger partial charge in [0.25, 0.3) is 0 Å². The van der Waals surface area contributed by atoms with Crippen LogP contribution in [0.25, 0.3) is 5.57 Å². The number of benzene rings is 1. The summed E-state index contributed by atoms with van der Waals surface area (Å²) in [4.78, 5) is 11.3. The normalized spacial score (nSPS) is 11.4. The predicted octanol–water partition coefficient (Wildman–Crippen LogP) is 3.07. The van der Waals surface area contributed by atoms with Gasteiger partial charge < -0.3 is 0 Å². The first kappa shape index (κ1) is 9.72. The highest BCUT2D eigenvalue weighted by molar-refractivity contribution is 6.19. The molecule has 1 aromatic carbocycles. The fourth-order valence-electron chi connectivity index (χ4n) is 1.29. The molecule has 1 heteroatoms. The number of allylic oxidation sites excluding steroid dienone is 2. The van der Waals surface area contributed by atoms with Gasteiger partial charge in [0.1, 0.15) is 0 Å². The molecule has 0 aliphatic rings. The Morgan fingerprint density at radius 3 is 2.38 bits per heavy atom. The number of hydrogen-bond donors (Lipinski definition) is 0. The molecule has 0 saturated carbocycles. The van der Waals surface area contributed by atoms with E-state index in [1.54, 1.807) is 6.92 Å². The van der Waals surface area contributed by atoms with E-state index in [4.69, 9.17) is 0 Å². The Kier molecular flexibility index (Phi) is 3.44. The second-order valence-electron chi connectivity index (χ2n) is 2.95. The number of ketones is 1. The van der Waals surface area contributed by atoms with Crippen molar-refractivity contribution >= 4 is 11.4 Å². The summed E-state index contributed by atoms with van der Waals surface area (Å²) < 4.78 is 0. The van der Waals surface area contributed by atoms with Gasteiger partial charge in [-0.1, -0.05) is 43.3 Å². The number of Topliss-reactive ketones (excluding diaryl/α,β-unsaturated/α-hetero) is 1. The lowest BCUT2D eigenvalue weighted by Gasteiger charge is -2.02. The van der Waals surface area contributed by atoms with Crippen molar-refractivity contribution in [1.29, 1.82) is 0 Å². The molecule has 0 unspecified atom stereocenters. The smallest absolute Gasteiger partial charge is 0.160 e. The van der Waals surface area contributed by atoms with Crippen LogP contribution in [0.4, 0.5) is 0 Å². The van der Waals surface area contributed by atoms with E-state index >= 15 is 0 Å². The van der Waals surface area contributed by atoms with Gasteiger partial charge in [0.2, 0.25) is 0 Å². The highest BCUT2D eigenvalue weighted by atomic mass is 16.1. The minimum Gasteiger partial charge on any atom is -0.295 e. The third-order valence-electron chi connectivity index (χ3n) is 1.87. The maximum absolute atomic E-state index is 11.3. The molecule has 0 aliphatic heterocycles. The van der Waals surface area contributed by atoms with Crippen molar-refractivity contribution in [1.82, 2.24) is 0 Å². The molecule has 1 nitrogen and oxygen atoms in total. The zero-order chi connectivity index (χ0) is 9.68. The van der Waals surface area contributed by atoms with Crippen LogP contribution in [0.2, 0.25) is 0 Å². The zero-order valence-electron chi connectivity index (χ0n) is 8.08. The number of carbonyl (C=O) groups excluding carboxylic acids is 1. The second kappa shape index (κ2) is 4.61. The number of hydrogen-bond acceptors (Lipinski definition) is 1. The van der Waals surface area contributed by atoms with Crippen LogP contribution in [0.5, 0.6) is 0 Å². The first-order valence-electron chi connectivity index (χ1n) is 4.52. The van der Waals surface area contributed by atoms with E-state index in [0.29, 0.717) is 0 Å². The Morgan fingerprint density at radius 1 is 1.31 bits per heavy atom. The van der Waals surface area contributed by atoms with Gasteiger partial charge in [0.05, 0.1) is 0 Å². The molecule has 0 N–H and O–H groups in total. The number of rotatable bonds is 3. The van der Waals surface area contributed by atoms with Gasteiger partial charge in [-0.25, -0.2) is 0 Å². The molecule has 0 saturated heterocycles. The van der Waals surface area contributed by atoms with E-state index in [2.05, 4.69) is 0 Å². The van der Waals surface area contributed by atoms with Crippen molar-refractivity contribution in [2.75, 3.05) is 0 Å². The summed E-state index contributed by atoms with van der Waals surface area (Å²) in [5.74, 6) is 0.132. The monoisotopic (exact) mass is 174 g/mol. The van der Waals surface area contributed by atoms with Gasteiger partial charge in [0.15, 0.2) is 5.78 Å². The fourth-order valence-corrected chi connectivity index (χ4v) is 1.29. The quantitative estimate of drug-likeness (QED) is 0.643. The fraction of sp³-hybridized carbons (Fsp3) is 0.250. The van der Waals surface area contributed by atoms with E-state index < -0.39 is 0 Å². The Hall–Kier alpha value is -1.37. The highest BCUT2D eigenvalue weighted by Crippen LogP contribution is 2.15. The summed E-state index contributed by atoms with van der Waals surface area (Å²) in [5.41, 5.74) is 1.83. The van der Waals surface area contributed by atoms with Gasteiger partial charge in [-0.3, -0.25) is 4.79 Å². The molecule has 0 heterocycles. The molecule has 1 aromatic rings. The molecule has 0 fully saturated rings. The summed E-state index contributed by atoms with van der Waals surface area (Å²) in [6.45, 7) is 3.64. The average molecular weight is 174 g/mol. The molecular weight excluding hydrogens is 160 g/mol. The lowest BCUT2D eigenvalue weighted by atomic mass is 10.0. The maximum Gasteiger partial charge on any atom is 0.160 e. The lowest BCUT2D eigenvalue weighted by Crippen LogP contribution is -1.95. The van der Waals surface area contributed by atoms with Crippen LogP contribution in [0.15, 0.2) is 36.4 Å². The molecule has 0 radical (unpaired) electrons. The highest BCUT2D eigenvalue weighted by Gasteiger charge is 2.04. The van der Waals surface area contributed by atoms with Crippen LogP contribution in [0.1, 0.15) is 25.8 Å². The van der Waals surface area contributed by atoms with E-state index in [1.165, 1.54) is 0 Å². The summed E-state index contributed by atoms with van der Waals surface area (Å²) >= 11 is 0. The molecule has 0 spiro atoms. The molecule has 0 atom stereocenters. The van der Waals surface area contributed by atoms with Crippen LogP contribution < -0.4 is 0 Å². The van der Waals surface area contributed by atoms with Crippen molar-refractivity contribution < 1.29 is 4.79 Å². The third-order valence-corrected chi connectivity index (χ3v) is 1.87. The van der Waals surface area contributed by atoms with Crippen molar-refractivity contribution in [2.24, 2.45) is 0 Å². The predicted molar refractivity (Wildman–Crippen MR) is 55.4 cm³/mol. The van der Waals surface area contributed by atoms with Crippen LogP contribution in [0, 0.1) is 0 Å². The molecule has 0 aliphatic carbocycles. The van der Waals surface area contributed by atoms with Gasteiger partial charge in [-0.05, 0) is 18.9 Å². The second-order valence-corrected chi connectivity index (χ2v) is 2.95. The van der Waals surface area contributed by atoms with Crippen molar-refractivity contribution in [2.45, 2.75) is 20.3 Å². The Labute approximate surface area is 79.1 Å². The Bertz CT molecular complexity index is 309. The van der Waals surface area contributed by atoms with Crippen molar-refractivity contribution in [3.05, 3.63) is 42.0 Å². The molecule has 68 valence electrons. The van der Waals surface area contributed by atoms with E-state index in [1.807, 2.05) is 43.3 Å². The van der Waals surface area contributed by atoms with Crippen LogP contribution in [-0.4, -0.2) is 5.78 Å². The van der Waals surface area contributed by atoms with Gasteiger partial charge in [-0.15, -0.1) is 0 Å². The first-order chi connectivity index (χ1) is 6.25. The summed E-state index contributed by atoms with van der Waals surface area (Å²) in [6, 6.07) is 9.77. The summed E-state index contributed by atoms with van der Waals surface area (Å²) in [5, 5.41) is 0. The standard InChI is InChI=1S/C12H14O/c1-3-7-12(10(2)13)11-8-5-4-6-9-11/h4-9H,3H2,1-2H3. The Morgan fingerprint density at radius 2 is 1.92 bits per heavy atom. The maximum atomic E-state index is 11.3. The topological polar surface area (TPSA) is 17.1 Å². The van der Waals surface area contributed by atoms with Gasteiger partial charge in [0, 0.05) is 5.57 Å². The summed E-state index contributed by atoms with van der Waals surface area (Å²) in [6.07, 6.45) is 2.86. The van der Waals surface area contributed by atoms with E-state index in [0.717, 1.165) is 17.6 Å². The minimum absolute atomic E-state index is 0.132. The summed E-state index contributed by atoms with van der Waals surface area (Å²) in [7, 11) is 0. The van der Waals surface area contributed by atoms with Crippen LogP contribution in [0.3, 0.4) is 0 Å². The first-order valence-corrected chi connectivity index (χ1v) is 4.52. The van der Waals surface area contributed by atoms with Gasteiger partial charge >= 0.3 is 0 Å². The van der Waals surface area contributed by atoms with E-state index in [-0.39, 0.29) is 5.78 Å². The minimum atomic E-state index is 0.132. The largest absolute Gasteiger partial charge is 0.295 e. The molecule has 0 bridgehead atoms. The van der Waals surface area contributed by atoms with Crippen molar-refractivity contribution in [3.8, 4) is 0 Å². The number of carbonyl (C=O) groups is 1. The average Bonchev–Trinajstić information content (AvgIpc) is 2.15. The van der Waals surface area contributed by atoms with Crippen molar-refractivity contribution in [3.63, 3.8) is 0 Å². The van der Waals surface area contributed by atoms with Gasteiger partial charge in [-0.2, -0.15) is 0 Å². The molecule has 0 aromatic heterocycles. The molecule has 0 amide bonds. The van der Waals surface area contributed by atoms with Crippen LogP contribution >= 0.6 is 0 Å². The Balaban J connectivity index is 3.03. The van der Waals surface area contributed by atoms with E-state index in [9.17, 15) is 4.79 Å².